The number of hydrogen-bond donors (Lipinski definition) is 2. The maximum absolute atomic E-state index is 11.9. The van der Waals surface area contributed by atoms with E-state index in [4.69, 9.17) is 9.47 Å². The first-order chi connectivity index (χ1) is 9.80. The van der Waals surface area contributed by atoms with Crippen molar-refractivity contribution in [1.29, 1.82) is 0 Å². The largest absolute Gasteiger partial charge is 0.444 e. The molecule has 1 aliphatic carbocycles. The van der Waals surface area contributed by atoms with Crippen LogP contribution in [0.4, 0.5) is 4.79 Å². The van der Waals surface area contributed by atoms with Crippen LogP contribution in [0.15, 0.2) is 0 Å². The van der Waals surface area contributed by atoms with Gasteiger partial charge in [0.15, 0.2) is 0 Å². The Morgan fingerprint density at radius 3 is 2.33 bits per heavy atom. The molecule has 3 unspecified atom stereocenters. The summed E-state index contributed by atoms with van der Waals surface area (Å²) < 4.78 is 11.1. The number of alkyl carbamates (subject to hydrolysis) is 1. The van der Waals surface area contributed by atoms with E-state index in [0.717, 1.165) is 19.3 Å². The van der Waals surface area contributed by atoms with E-state index in [1.165, 1.54) is 0 Å². The third kappa shape index (κ3) is 5.83. The number of ether oxygens (including phenoxy) is 2. The zero-order valence-corrected chi connectivity index (χ0v) is 14.4. The average Bonchev–Trinajstić information content (AvgIpc) is 2.36. The molecule has 1 fully saturated rings. The van der Waals surface area contributed by atoms with Gasteiger partial charge in [-0.1, -0.05) is 13.8 Å². The quantitative estimate of drug-likeness (QED) is 0.759. The zero-order valence-electron chi connectivity index (χ0n) is 14.4. The summed E-state index contributed by atoms with van der Waals surface area (Å²) >= 11 is 0. The maximum atomic E-state index is 11.9. The molecule has 21 heavy (non-hydrogen) atoms. The topological polar surface area (TPSA) is 59.6 Å². The fraction of sp³-hybridized carbons (Fsp3) is 0.938. The van der Waals surface area contributed by atoms with Crippen molar-refractivity contribution in [2.45, 2.75) is 90.6 Å². The lowest BCUT2D eigenvalue weighted by Gasteiger charge is -2.46. The molecule has 5 heteroatoms. The molecule has 1 amide bonds. The second kappa shape index (κ2) is 7.99. The second-order valence-electron chi connectivity index (χ2n) is 6.69. The molecule has 0 bridgehead atoms. The zero-order chi connectivity index (χ0) is 16.0. The van der Waals surface area contributed by atoms with Gasteiger partial charge in [0, 0.05) is 12.6 Å². The summed E-state index contributed by atoms with van der Waals surface area (Å²) in [6.45, 7) is 12.7. The Hall–Kier alpha value is -0.810. The molecule has 0 aromatic rings. The van der Waals surface area contributed by atoms with E-state index in [-0.39, 0.29) is 24.3 Å². The smallest absolute Gasteiger partial charge is 0.407 e. The standard InChI is InChI=1S/C16H32N2O3/c1-7-11(8-2)17-14-12(10-13(14)20-9-3)18-15(19)21-16(4,5)6/h11-14,17H,7-10H2,1-6H3,(H,18,19). The Balaban J connectivity index is 2.54. The lowest BCUT2D eigenvalue weighted by Crippen LogP contribution is -2.67. The van der Waals surface area contributed by atoms with Crippen molar-refractivity contribution >= 4 is 6.09 Å². The SMILES string of the molecule is CCOC1CC(NC(=O)OC(C)(C)C)C1NC(CC)CC. The molecule has 0 heterocycles. The molecule has 1 rings (SSSR count). The lowest BCUT2D eigenvalue weighted by molar-refractivity contribution is -0.0468. The van der Waals surface area contributed by atoms with Crippen LogP contribution in [-0.4, -0.2) is 42.5 Å². The molecule has 0 aliphatic heterocycles. The van der Waals surface area contributed by atoms with Gasteiger partial charge in [0.2, 0.25) is 0 Å². The molecule has 0 saturated heterocycles. The third-order valence-corrected chi connectivity index (χ3v) is 3.82. The van der Waals surface area contributed by atoms with Crippen LogP contribution in [-0.2, 0) is 9.47 Å². The summed E-state index contributed by atoms with van der Waals surface area (Å²) in [5.41, 5.74) is -0.467. The highest BCUT2D eigenvalue weighted by atomic mass is 16.6. The fourth-order valence-corrected chi connectivity index (χ4v) is 2.62. The number of rotatable bonds is 7. The van der Waals surface area contributed by atoms with Crippen molar-refractivity contribution in [2.75, 3.05) is 6.61 Å². The van der Waals surface area contributed by atoms with Crippen molar-refractivity contribution in [1.82, 2.24) is 10.6 Å². The summed E-state index contributed by atoms with van der Waals surface area (Å²) in [7, 11) is 0. The van der Waals surface area contributed by atoms with Crippen LogP contribution < -0.4 is 10.6 Å². The number of carbonyl (C=O) groups is 1. The minimum atomic E-state index is -0.467. The fourth-order valence-electron chi connectivity index (χ4n) is 2.62. The average molecular weight is 300 g/mol. The molecule has 1 aliphatic rings. The van der Waals surface area contributed by atoms with Gasteiger partial charge in [-0.3, -0.25) is 0 Å². The third-order valence-electron chi connectivity index (χ3n) is 3.82. The van der Waals surface area contributed by atoms with Crippen LogP contribution in [0, 0.1) is 0 Å². The van der Waals surface area contributed by atoms with Gasteiger partial charge < -0.3 is 20.1 Å². The maximum Gasteiger partial charge on any atom is 0.407 e. The van der Waals surface area contributed by atoms with Crippen molar-refractivity contribution in [3.05, 3.63) is 0 Å². The van der Waals surface area contributed by atoms with Gasteiger partial charge in [-0.05, 0) is 47.0 Å². The van der Waals surface area contributed by atoms with Crippen LogP contribution in [0.3, 0.4) is 0 Å². The summed E-state index contributed by atoms with van der Waals surface area (Å²) in [5, 5.41) is 6.57. The van der Waals surface area contributed by atoms with Crippen molar-refractivity contribution in [3.8, 4) is 0 Å². The molecule has 0 radical (unpaired) electrons. The Kier molecular flexibility index (Phi) is 6.94. The molecule has 2 N–H and O–H groups in total. The number of hydrogen-bond acceptors (Lipinski definition) is 4. The molecule has 5 nitrogen and oxygen atoms in total. The highest BCUT2D eigenvalue weighted by Crippen LogP contribution is 2.26. The Morgan fingerprint density at radius 1 is 1.24 bits per heavy atom. The van der Waals surface area contributed by atoms with Crippen LogP contribution in [0.1, 0.15) is 60.8 Å². The normalized spacial score (nSPS) is 25.6. The van der Waals surface area contributed by atoms with E-state index in [1.54, 1.807) is 0 Å². The Bertz CT molecular complexity index is 324. The van der Waals surface area contributed by atoms with Gasteiger partial charge in [-0.15, -0.1) is 0 Å². The highest BCUT2D eigenvalue weighted by molar-refractivity contribution is 5.68. The first kappa shape index (κ1) is 18.2. The molecule has 1 saturated carbocycles. The minimum absolute atomic E-state index is 0.0806. The van der Waals surface area contributed by atoms with Gasteiger partial charge in [-0.2, -0.15) is 0 Å². The molecule has 0 aromatic heterocycles. The van der Waals surface area contributed by atoms with Gasteiger partial charge >= 0.3 is 6.09 Å². The number of nitrogens with one attached hydrogen (secondary N) is 2. The Morgan fingerprint density at radius 2 is 1.86 bits per heavy atom. The van der Waals surface area contributed by atoms with Crippen molar-refractivity contribution in [2.24, 2.45) is 0 Å². The van der Waals surface area contributed by atoms with E-state index in [2.05, 4.69) is 24.5 Å². The molecular formula is C16H32N2O3. The van der Waals surface area contributed by atoms with Crippen LogP contribution in [0.2, 0.25) is 0 Å². The first-order valence-electron chi connectivity index (χ1n) is 8.17. The highest BCUT2D eigenvalue weighted by Gasteiger charge is 2.43. The monoisotopic (exact) mass is 300 g/mol. The summed E-state index contributed by atoms with van der Waals surface area (Å²) in [4.78, 5) is 11.9. The number of carbonyl (C=O) groups excluding carboxylic acids is 1. The van der Waals surface area contributed by atoms with E-state index in [9.17, 15) is 4.79 Å². The molecule has 0 aromatic carbocycles. The van der Waals surface area contributed by atoms with E-state index in [0.29, 0.717) is 12.6 Å². The van der Waals surface area contributed by atoms with Gasteiger partial charge in [0.25, 0.3) is 0 Å². The van der Waals surface area contributed by atoms with Crippen LogP contribution in [0.25, 0.3) is 0 Å². The summed E-state index contributed by atoms with van der Waals surface area (Å²) in [6, 6.07) is 0.709. The predicted molar refractivity (Wildman–Crippen MR) is 84.5 cm³/mol. The lowest BCUT2D eigenvalue weighted by atomic mass is 9.82. The van der Waals surface area contributed by atoms with Gasteiger partial charge in [0.05, 0.1) is 18.2 Å². The van der Waals surface area contributed by atoms with Gasteiger partial charge in [0.1, 0.15) is 5.60 Å². The predicted octanol–water partition coefficient (Wildman–Crippen LogP) is 2.84. The molecule has 3 atom stereocenters. The first-order valence-corrected chi connectivity index (χ1v) is 8.17. The minimum Gasteiger partial charge on any atom is -0.444 e. The van der Waals surface area contributed by atoms with Crippen LogP contribution >= 0.6 is 0 Å². The second-order valence-corrected chi connectivity index (χ2v) is 6.69. The number of amides is 1. The van der Waals surface area contributed by atoms with E-state index < -0.39 is 5.60 Å². The Labute approximate surface area is 129 Å². The molecule has 124 valence electrons. The van der Waals surface area contributed by atoms with E-state index in [1.807, 2.05) is 27.7 Å². The molecule has 0 spiro atoms. The molecular weight excluding hydrogens is 268 g/mol. The summed E-state index contributed by atoms with van der Waals surface area (Å²) in [5.74, 6) is 0. The van der Waals surface area contributed by atoms with Crippen molar-refractivity contribution in [3.63, 3.8) is 0 Å². The van der Waals surface area contributed by atoms with E-state index >= 15 is 0 Å². The van der Waals surface area contributed by atoms with Crippen molar-refractivity contribution < 1.29 is 14.3 Å². The van der Waals surface area contributed by atoms with Crippen LogP contribution in [0.5, 0.6) is 0 Å². The summed E-state index contributed by atoms with van der Waals surface area (Å²) in [6.07, 6.45) is 2.82. The van der Waals surface area contributed by atoms with Gasteiger partial charge in [-0.25, -0.2) is 4.79 Å².